The smallest absolute Gasteiger partial charge is 0.0367 e. The van der Waals surface area contributed by atoms with Crippen molar-refractivity contribution in [1.82, 2.24) is 0 Å². The summed E-state index contributed by atoms with van der Waals surface area (Å²) in [4.78, 5) is 0. The van der Waals surface area contributed by atoms with Crippen molar-refractivity contribution >= 4 is 65.1 Å². The summed E-state index contributed by atoms with van der Waals surface area (Å²) >= 11 is 1.93. The Labute approximate surface area is 312 Å². The van der Waals surface area contributed by atoms with Gasteiger partial charge in [-0.25, -0.2) is 0 Å². The molecule has 0 unspecified atom stereocenters. The van der Waals surface area contributed by atoms with Gasteiger partial charge in [-0.2, -0.15) is 0 Å². The van der Waals surface area contributed by atoms with Gasteiger partial charge in [-0.3, -0.25) is 0 Å². The van der Waals surface area contributed by atoms with Crippen molar-refractivity contribution < 1.29 is 0 Å². The molecule has 1 heterocycles. The number of rotatable bonds is 3. The van der Waals surface area contributed by atoms with Crippen LogP contribution >= 0.6 is 11.3 Å². The fraction of sp³-hybridized carbons (Fsp3) is 0.176. The van der Waals surface area contributed by atoms with Gasteiger partial charge >= 0.3 is 0 Å². The average molecular weight is 689 g/mol. The Morgan fingerprint density at radius 1 is 0.615 bits per heavy atom. The lowest BCUT2D eigenvalue weighted by atomic mass is 9.74. The molecular formula is C51H44S. The molecule has 0 atom stereocenters. The second-order valence-corrected chi connectivity index (χ2v) is 16.2. The summed E-state index contributed by atoms with van der Waals surface area (Å²) in [6.07, 6.45) is 22.8. The summed E-state index contributed by atoms with van der Waals surface area (Å²) in [7, 11) is 0. The van der Waals surface area contributed by atoms with E-state index in [4.69, 9.17) is 0 Å². The lowest BCUT2D eigenvalue weighted by Crippen LogP contribution is -2.23. The molecule has 0 fully saturated rings. The lowest BCUT2D eigenvalue weighted by molar-refractivity contribution is 0.518. The molecule has 5 aromatic carbocycles. The van der Waals surface area contributed by atoms with Gasteiger partial charge in [0.2, 0.25) is 0 Å². The van der Waals surface area contributed by atoms with E-state index in [2.05, 4.69) is 172 Å². The van der Waals surface area contributed by atoms with Crippen molar-refractivity contribution in [3.05, 3.63) is 191 Å². The van der Waals surface area contributed by atoms with E-state index in [1.165, 1.54) is 86.6 Å². The molecule has 254 valence electrons. The highest BCUT2D eigenvalue weighted by Crippen LogP contribution is 2.46. The maximum absolute atomic E-state index is 2.53. The van der Waals surface area contributed by atoms with E-state index in [0.29, 0.717) is 0 Å². The Morgan fingerprint density at radius 2 is 1.31 bits per heavy atom. The number of hydrogen-bond donors (Lipinski definition) is 0. The van der Waals surface area contributed by atoms with E-state index in [9.17, 15) is 0 Å². The van der Waals surface area contributed by atoms with Crippen LogP contribution in [0.1, 0.15) is 78.5 Å². The molecule has 3 aliphatic rings. The fourth-order valence-electron chi connectivity index (χ4n) is 8.84. The van der Waals surface area contributed by atoms with Crippen LogP contribution in [0.5, 0.6) is 0 Å². The van der Waals surface area contributed by atoms with Gasteiger partial charge in [0.1, 0.15) is 0 Å². The summed E-state index contributed by atoms with van der Waals surface area (Å²) in [6, 6.07) is 43.1. The van der Waals surface area contributed by atoms with E-state index in [1.807, 2.05) is 11.3 Å². The third-order valence-corrected chi connectivity index (χ3v) is 12.4. The van der Waals surface area contributed by atoms with Crippen molar-refractivity contribution in [2.75, 3.05) is 0 Å². The van der Waals surface area contributed by atoms with Crippen molar-refractivity contribution in [3.8, 4) is 0 Å². The normalized spacial score (nSPS) is 17.2. The molecular weight excluding hydrogens is 645 g/mol. The summed E-state index contributed by atoms with van der Waals surface area (Å²) in [5.74, 6) is 0. The fourth-order valence-corrected chi connectivity index (χ4v) is 10.0. The topological polar surface area (TPSA) is 0 Å². The SMILES string of the molecule is CC1(C)Cc2c(C3=CCCC(c4ccccccc(C5=CC=CCC5)c5ccccc45)=C3)cc3sc4ccccc4c3c2/C=C\Cc2ccccc21. The third-order valence-electron chi connectivity index (χ3n) is 11.3. The van der Waals surface area contributed by atoms with E-state index >= 15 is 0 Å². The van der Waals surface area contributed by atoms with E-state index < -0.39 is 0 Å². The first kappa shape index (κ1) is 32.7. The molecule has 1 heteroatoms. The van der Waals surface area contributed by atoms with Gasteiger partial charge in [0.25, 0.3) is 0 Å². The molecule has 0 bridgehead atoms. The van der Waals surface area contributed by atoms with E-state index in [1.54, 1.807) is 0 Å². The van der Waals surface area contributed by atoms with E-state index in [-0.39, 0.29) is 5.41 Å². The second-order valence-electron chi connectivity index (χ2n) is 15.1. The van der Waals surface area contributed by atoms with E-state index in [0.717, 1.165) is 38.5 Å². The van der Waals surface area contributed by atoms with Crippen LogP contribution in [0.4, 0.5) is 0 Å². The van der Waals surface area contributed by atoms with Crippen LogP contribution in [-0.4, -0.2) is 0 Å². The lowest BCUT2D eigenvalue weighted by Gasteiger charge is -2.30. The first-order valence-corrected chi connectivity index (χ1v) is 19.7. The molecule has 0 spiro atoms. The zero-order valence-corrected chi connectivity index (χ0v) is 31.0. The number of thiophene rings is 1. The average Bonchev–Trinajstić information content (AvgIpc) is 3.57. The number of allylic oxidation sites excluding steroid dienone is 9. The predicted octanol–water partition coefficient (Wildman–Crippen LogP) is 14.4. The first-order valence-electron chi connectivity index (χ1n) is 18.9. The molecule has 6 aromatic rings. The molecule has 1 aromatic heterocycles. The van der Waals surface area contributed by atoms with Crippen molar-refractivity contribution in [2.45, 2.75) is 57.8 Å². The standard InChI is InChI=1S/C51H44S/c1-51(2)34-46-43(29-17-21-36-20-10-14-30-47(36)51)50-44-28-13-15-31-48(44)52-49(50)33-45(46)38-23-16-22-37(32-38)40-25-9-4-3-8-24-39(35-18-6-5-7-19-35)41-26-11-12-27-42(40)41/h3-6,8-15,17-18,20,23-33H,7,16,19,21-22,34H2,1-2H3/b4-3?,8-3?,9-4?,24-8?,25-9?,29-17-,39-24?,40-25?,41-39?,42-40?. The molecule has 3 aliphatic carbocycles. The van der Waals surface area contributed by atoms with Gasteiger partial charge in [-0.05, 0) is 123 Å². The van der Waals surface area contributed by atoms with Crippen LogP contribution in [0.15, 0.2) is 152 Å². The predicted molar refractivity (Wildman–Crippen MR) is 228 cm³/mol. The van der Waals surface area contributed by atoms with Crippen LogP contribution in [0, 0.1) is 0 Å². The monoisotopic (exact) mass is 688 g/mol. The maximum Gasteiger partial charge on any atom is 0.0367 e. The Bertz CT molecular complexity index is 2590. The van der Waals surface area contributed by atoms with Gasteiger partial charge in [0.15, 0.2) is 0 Å². The molecule has 0 N–H and O–H groups in total. The van der Waals surface area contributed by atoms with Gasteiger partial charge in [-0.15, -0.1) is 11.3 Å². The van der Waals surface area contributed by atoms with Crippen LogP contribution in [0.2, 0.25) is 0 Å². The van der Waals surface area contributed by atoms with Gasteiger partial charge in [0.05, 0.1) is 0 Å². The number of benzene rings is 4. The quantitative estimate of drug-likeness (QED) is 0.174. The first-order chi connectivity index (χ1) is 25.5. The molecule has 9 rings (SSSR count). The van der Waals surface area contributed by atoms with Crippen LogP contribution in [0.3, 0.4) is 0 Å². The highest BCUT2D eigenvalue weighted by Gasteiger charge is 2.29. The molecule has 0 saturated carbocycles. The van der Waals surface area contributed by atoms with Gasteiger partial charge < -0.3 is 0 Å². The maximum atomic E-state index is 2.53. The largest absolute Gasteiger partial charge is 0.135 e. The number of fused-ring (bicyclic) bond motifs is 7. The Kier molecular flexibility index (Phi) is 8.61. The van der Waals surface area contributed by atoms with Gasteiger partial charge in [-0.1, -0.05) is 160 Å². The summed E-state index contributed by atoms with van der Waals surface area (Å²) in [5, 5.41) is 5.40. The Hall–Kier alpha value is -5.24. The highest BCUT2D eigenvalue weighted by molar-refractivity contribution is 7.25. The molecule has 0 amide bonds. The summed E-state index contributed by atoms with van der Waals surface area (Å²) in [6.45, 7) is 4.89. The van der Waals surface area contributed by atoms with Gasteiger partial charge in [0, 0.05) is 20.2 Å². The Morgan fingerprint density at radius 3 is 2.10 bits per heavy atom. The number of hydrogen-bond acceptors (Lipinski definition) is 1. The molecule has 0 nitrogen and oxygen atoms in total. The zero-order chi connectivity index (χ0) is 35.1. The minimum Gasteiger partial charge on any atom is -0.135 e. The van der Waals surface area contributed by atoms with Crippen LogP contribution < -0.4 is 0 Å². The second kappa shape index (κ2) is 13.7. The van der Waals surface area contributed by atoms with Crippen molar-refractivity contribution in [1.29, 1.82) is 0 Å². The Balaban J connectivity index is 1.28. The third kappa shape index (κ3) is 5.98. The molecule has 0 aliphatic heterocycles. The van der Waals surface area contributed by atoms with Crippen LogP contribution in [0.25, 0.3) is 53.7 Å². The van der Waals surface area contributed by atoms with Crippen molar-refractivity contribution in [3.63, 3.8) is 0 Å². The highest BCUT2D eigenvalue weighted by atomic mass is 32.1. The molecule has 0 radical (unpaired) electrons. The molecule has 52 heavy (non-hydrogen) atoms. The summed E-state index contributed by atoms with van der Waals surface area (Å²) < 4.78 is 2.73. The van der Waals surface area contributed by atoms with Crippen molar-refractivity contribution in [2.24, 2.45) is 0 Å². The zero-order valence-electron chi connectivity index (χ0n) is 30.2. The minimum atomic E-state index is -0.0325. The summed E-state index contributed by atoms with van der Waals surface area (Å²) in [5.41, 5.74) is 13.9. The minimum absolute atomic E-state index is 0.0325. The van der Waals surface area contributed by atoms with Crippen LogP contribution in [-0.2, 0) is 18.3 Å². The molecule has 0 saturated heterocycles.